The zero-order valence-electron chi connectivity index (χ0n) is 26.7. The first-order valence-corrected chi connectivity index (χ1v) is 15.5. The second-order valence-corrected chi connectivity index (χ2v) is 11.2. The van der Waals surface area contributed by atoms with Gasteiger partial charge in [0.1, 0.15) is 24.7 Å². The van der Waals surface area contributed by atoms with Crippen LogP contribution in [0.1, 0.15) is 23.6 Å². The number of aliphatic carboxylic acids is 1. The van der Waals surface area contributed by atoms with E-state index in [0.717, 1.165) is 22.0 Å². The molecule has 7 N–H and O–H groups in total. The van der Waals surface area contributed by atoms with Gasteiger partial charge in [0.2, 0.25) is 23.6 Å². The van der Waals surface area contributed by atoms with Crippen LogP contribution in [-0.4, -0.2) is 77.0 Å². The smallest absolute Gasteiger partial charge is 0.408 e. The Labute approximate surface area is 282 Å². The zero-order chi connectivity index (χ0) is 35.2. The topological polar surface area (TPSA) is 208 Å². The van der Waals surface area contributed by atoms with Crippen molar-refractivity contribution in [1.29, 1.82) is 0 Å². The monoisotopic (exact) mass is 670 g/mol. The van der Waals surface area contributed by atoms with Crippen LogP contribution in [0.3, 0.4) is 0 Å². The van der Waals surface area contributed by atoms with Crippen molar-refractivity contribution in [2.75, 3.05) is 13.1 Å². The number of alkyl carbamates (subject to hydrolysis) is 1. The van der Waals surface area contributed by atoms with Crippen molar-refractivity contribution >= 4 is 46.6 Å². The number of aromatic amines is 1. The first-order chi connectivity index (χ1) is 23.6. The van der Waals surface area contributed by atoms with Gasteiger partial charge in [-0.25, -0.2) is 4.79 Å². The number of hydrogen-bond donors (Lipinski definition) is 7. The maximum atomic E-state index is 13.1. The third-order valence-corrected chi connectivity index (χ3v) is 7.45. The number of carboxylic acid groups (broad SMARTS) is 1. The fraction of sp³-hybridized carbons (Fsp3) is 0.257. The van der Waals surface area contributed by atoms with Gasteiger partial charge >= 0.3 is 12.1 Å². The van der Waals surface area contributed by atoms with Crippen LogP contribution >= 0.6 is 0 Å². The SMILES string of the molecule is C[C@H](NC(=O)[C@H](Cc1c[nH]c2ccccc12)NC(=O)CNC(=O)CNC(=O)[C@H](Cc1ccccc1)NC(=O)OCc1ccccc1)C(=O)O. The van der Waals surface area contributed by atoms with Crippen LogP contribution in [0, 0.1) is 0 Å². The second-order valence-electron chi connectivity index (χ2n) is 11.2. The third-order valence-electron chi connectivity index (χ3n) is 7.45. The second kappa shape index (κ2) is 17.7. The molecule has 14 heteroatoms. The lowest BCUT2D eigenvalue weighted by molar-refractivity contribution is -0.141. The Bertz CT molecular complexity index is 1760. The van der Waals surface area contributed by atoms with E-state index in [1.54, 1.807) is 54.7 Å². The average molecular weight is 671 g/mol. The number of carbonyl (C=O) groups excluding carboxylic acids is 5. The van der Waals surface area contributed by atoms with E-state index in [9.17, 15) is 33.9 Å². The van der Waals surface area contributed by atoms with Gasteiger partial charge in [-0.2, -0.15) is 0 Å². The highest BCUT2D eigenvalue weighted by atomic mass is 16.5. The molecule has 1 aromatic heterocycles. The molecule has 14 nitrogen and oxygen atoms in total. The van der Waals surface area contributed by atoms with Crippen molar-refractivity contribution in [3.63, 3.8) is 0 Å². The summed E-state index contributed by atoms with van der Waals surface area (Å²) in [6.45, 7) is 0.262. The van der Waals surface area contributed by atoms with Crippen molar-refractivity contribution in [3.8, 4) is 0 Å². The van der Waals surface area contributed by atoms with Crippen LogP contribution in [0.2, 0.25) is 0 Å². The number of carboxylic acids is 1. The number of ether oxygens (including phenoxy) is 1. The molecule has 0 aliphatic heterocycles. The van der Waals surface area contributed by atoms with E-state index in [-0.39, 0.29) is 19.4 Å². The van der Waals surface area contributed by atoms with Gasteiger partial charge < -0.3 is 41.4 Å². The van der Waals surface area contributed by atoms with Gasteiger partial charge in [0, 0.05) is 29.9 Å². The Balaban J connectivity index is 1.31. The summed E-state index contributed by atoms with van der Waals surface area (Å²) in [5, 5.41) is 22.4. The van der Waals surface area contributed by atoms with Crippen LogP contribution in [0.15, 0.2) is 91.1 Å². The van der Waals surface area contributed by atoms with E-state index >= 15 is 0 Å². The molecule has 0 saturated heterocycles. The molecule has 0 aliphatic rings. The lowest BCUT2D eigenvalue weighted by atomic mass is 10.0. The maximum Gasteiger partial charge on any atom is 0.408 e. The van der Waals surface area contributed by atoms with E-state index in [1.807, 2.05) is 36.4 Å². The molecule has 0 fully saturated rings. The van der Waals surface area contributed by atoms with E-state index in [4.69, 9.17) is 4.74 Å². The summed E-state index contributed by atoms with van der Waals surface area (Å²) < 4.78 is 5.26. The molecule has 5 amide bonds. The zero-order valence-corrected chi connectivity index (χ0v) is 26.7. The number of nitrogens with one attached hydrogen (secondary N) is 6. The predicted molar refractivity (Wildman–Crippen MR) is 179 cm³/mol. The first kappa shape index (κ1) is 35.7. The van der Waals surface area contributed by atoms with E-state index in [1.165, 1.54) is 6.92 Å². The molecule has 3 aromatic carbocycles. The molecule has 0 saturated carbocycles. The molecule has 0 unspecified atom stereocenters. The minimum absolute atomic E-state index is 0.000296. The maximum absolute atomic E-state index is 13.1. The van der Waals surface area contributed by atoms with Gasteiger partial charge in [-0.1, -0.05) is 78.9 Å². The fourth-order valence-electron chi connectivity index (χ4n) is 4.85. The summed E-state index contributed by atoms with van der Waals surface area (Å²) in [6.07, 6.45) is 1.05. The summed E-state index contributed by atoms with van der Waals surface area (Å²) in [4.78, 5) is 78.4. The number of aromatic nitrogens is 1. The fourth-order valence-corrected chi connectivity index (χ4v) is 4.85. The highest BCUT2D eigenvalue weighted by Gasteiger charge is 2.26. The largest absolute Gasteiger partial charge is 0.480 e. The van der Waals surface area contributed by atoms with Gasteiger partial charge in [-0.3, -0.25) is 24.0 Å². The Morgan fingerprint density at radius 3 is 2.00 bits per heavy atom. The first-order valence-electron chi connectivity index (χ1n) is 15.5. The number of H-pyrrole nitrogens is 1. The third kappa shape index (κ3) is 11.2. The van der Waals surface area contributed by atoms with Gasteiger partial charge in [-0.05, 0) is 29.7 Å². The van der Waals surface area contributed by atoms with E-state index in [2.05, 4.69) is 31.6 Å². The summed E-state index contributed by atoms with van der Waals surface area (Å²) >= 11 is 0. The Kier molecular flexibility index (Phi) is 12.9. The molecule has 0 aliphatic carbocycles. The van der Waals surface area contributed by atoms with Crippen molar-refractivity contribution in [3.05, 3.63) is 108 Å². The molecule has 256 valence electrons. The van der Waals surface area contributed by atoms with E-state index < -0.39 is 66.9 Å². The molecule has 3 atom stereocenters. The number of fused-ring (bicyclic) bond motifs is 1. The molecule has 0 radical (unpaired) electrons. The molecule has 4 rings (SSSR count). The number of amides is 5. The summed E-state index contributed by atoms with van der Waals surface area (Å²) in [6, 6.07) is 21.9. The molecule has 0 bridgehead atoms. The normalized spacial score (nSPS) is 12.5. The van der Waals surface area contributed by atoms with Gasteiger partial charge in [-0.15, -0.1) is 0 Å². The van der Waals surface area contributed by atoms with Gasteiger partial charge in [0.15, 0.2) is 0 Å². The molecule has 49 heavy (non-hydrogen) atoms. The Morgan fingerprint density at radius 2 is 1.31 bits per heavy atom. The highest BCUT2D eigenvalue weighted by molar-refractivity contribution is 5.94. The van der Waals surface area contributed by atoms with Crippen LogP contribution < -0.4 is 26.6 Å². The number of benzene rings is 3. The van der Waals surface area contributed by atoms with Crippen LogP contribution in [-0.2, 0) is 48.2 Å². The lowest BCUT2D eigenvalue weighted by Gasteiger charge is -2.20. The number of hydrogen-bond acceptors (Lipinski definition) is 7. The minimum Gasteiger partial charge on any atom is -0.480 e. The average Bonchev–Trinajstić information content (AvgIpc) is 3.51. The summed E-state index contributed by atoms with van der Waals surface area (Å²) in [5.41, 5.74) is 3.06. The Hall–Kier alpha value is -6.18. The van der Waals surface area contributed by atoms with E-state index in [0.29, 0.717) is 5.56 Å². The Morgan fingerprint density at radius 1 is 0.694 bits per heavy atom. The molecule has 1 heterocycles. The van der Waals surface area contributed by atoms with Crippen LogP contribution in [0.5, 0.6) is 0 Å². The standard InChI is InChI=1S/C35H38N6O8/c1-22(34(46)47)39-33(45)29(17-25-18-36-27-15-9-8-14-26(25)27)40-31(43)20-37-30(42)19-38-32(44)28(16-23-10-4-2-5-11-23)41-35(48)49-21-24-12-6-3-7-13-24/h2-15,18,22,28-29,36H,16-17,19-21H2,1H3,(H,37,42)(H,38,44)(H,39,45)(H,40,43)(H,41,48)(H,46,47)/t22-,28-,29-/m0/s1. The molecule has 0 spiro atoms. The van der Waals surface area contributed by atoms with Crippen molar-refractivity contribution < 1.29 is 38.6 Å². The summed E-state index contributed by atoms with van der Waals surface area (Å²) in [5.74, 6) is -4.03. The van der Waals surface area contributed by atoms with Crippen LogP contribution in [0.4, 0.5) is 4.79 Å². The lowest BCUT2D eigenvalue weighted by Crippen LogP contribution is -2.54. The molecule has 4 aromatic rings. The van der Waals surface area contributed by atoms with Gasteiger partial charge in [0.25, 0.3) is 0 Å². The molecular weight excluding hydrogens is 632 g/mol. The predicted octanol–water partition coefficient (Wildman–Crippen LogP) is 1.55. The van der Waals surface area contributed by atoms with Gasteiger partial charge in [0.05, 0.1) is 13.1 Å². The number of para-hydroxylation sites is 1. The van der Waals surface area contributed by atoms with Crippen LogP contribution in [0.25, 0.3) is 10.9 Å². The molecular formula is C35H38N6O8. The van der Waals surface area contributed by atoms with Crippen molar-refractivity contribution in [2.24, 2.45) is 0 Å². The van der Waals surface area contributed by atoms with Crippen molar-refractivity contribution in [2.45, 2.75) is 44.5 Å². The number of rotatable bonds is 16. The minimum atomic E-state index is -1.25. The van der Waals surface area contributed by atoms with Crippen molar-refractivity contribution in [1.82, 2.24) is 31.6 Å². The number of carbonyl (C=O) groups is 6. The quantitative estimate of drug-likeness (QED) is 0.0929. The highest BCUT2D eigenvalue weighted by Crippen LogP contribution is 2.19. The summed E-state index contributed by atoms with van der Waals surface area (Å²) in [7, 11) is 0.